The molecule has 132 valence electrons. The van der Waals surface area contributed by atoms with Crippen molar-refractivity contribution < 1.29 is 13.2 Å². The molecule has 5 nitrogen and oxygen atoms in total. The van der Waals surface area contributed by atoms with Crippen LogP contribution in [0.15, 0.2) is 11.6 Å². The highest BCUT2D eigenvalue weighted by Crippen LogP contribution is 2.59. The smallest absolute Gasteiger partial charge is 0.224 e. The summed E-state index contributed by atoms with van der Waals surface area (Å²) >= 11 is 1.78. The summed E-state index contributed by atoms with van der Waals surface area (Å²) in [6.45, 7) is 9.60. The van der Waals surface area contributed by atoms with Crippen LogP contribution in [0.5, 0.6) is 0 Å². The minimum atomic E-state index is -3.25. The lowest BCUT2D eigenvalue weighted by atomic mass is 10.1. The van der Waals surface area contributed by atoms with Gasteiger partial charge in [-0.15, -0.1) is 0 Å². The molecule has 0 aromatic heterocycles. The average molecular weight is 361 g/mol. The number of hydrogen-bond donors (Lipinski definition) is 1. The van der Waals surface area contributed by atoms with Crippen LogP contribution in [0.1, 0.15) is 27.7 Å². The molecule has 23 heavy (non-hydrogen) atoms. The van der Waals surface area contributed by atoms with Crippen molar-refractivity contribution >= 4 is 27.7 Å². The molecule has 0 radical (unpaired) electrons. The quantitative estimate of drug-likeness (QED) is 0.733. The molecule has 1 amide bonds. The number of amides is 1. The highest BCUT2D eigenvalue weighted by molar-refractivity contribution is 7.99. The predicted octanol–water partition coefficient (Wildman–Crippen LogP) is 1.72. The number of rotatable bonds is 6. The molecule has 1 aliphatic heterocycles. The van der Waals surface area contributed by atoms with E-state index >= 15 is 0 Å². The Hall–Kier alpha value is -0.530. The Morgan fingerprint density at radius 1 is 1.30 bits per heavy atom. The Morgan fingerprint density at radius 3 is 2.48 bits per heavy atom. The van der Waals surface area contributed by atoms with Crippen molar-refractivity contribution in [2.24, 2.45) is 17.3 Å². The van der Waals surface area contributed by atoms with Crippen LogP contribution in [-0.4, -0.2) is 55.5 Å². The van der Waals surface area contributed by atoms with Crippen molar-refractivity contribution in [3.63, 3.8) is 0 Å². The van der Waals surface area contributed by atoms with Gasteiger partial charge in [0.25, 0.3) is 0 Å². The van der Waals surface area contributed by atoms with Crippen LogP contribution in [0.25, 0.3) is 0 Å². The summed E-state index contributed by atoms with van der Waals surface area (Å²) in [5, 5.41) is 2.82. The standard InChI is InChI=1S/C16H28N2O3S2/c1-12(2)11-13-14(16(13,3)4)15(19)17-5-10-23(20,21)18-6-8-22-9-7-18/h11,13-14H,5-10H2,1-4H3,(H,17,19)/t13-,14-/m0/s1. The monoisotopic (exact) mass is 360 g/mol. The first kappa shape index (κ1) is 18.8. The van der Waals surface area contributed by atoms with Crippen molar-refractivity contribution in [1.29, 1.82) is 0 Å². The van der Waals surface area contributed by atoms with Gasteiger partial charge in [-0.1, -0.05) is 25.5 Å². The first-order chi connectivity index (χ1) is 10.7. The molecule has 0 aromatic carbocycles. The summed E-state index contributed by atoms with van der Waals surface area (Å²) in [5.41, 5.74) is 1.17. The van der Waals surface area contributed by atoms with Crippen LogP contribution in [-0.2, 0) is 14.8 Å². The molecule has 1 N–H and O–H groups in total. The number of sulfonamides is 1. The van der Waals surface area contributed by atoms with Crippen molar-refractivity contribution in [2.45, 2.75) is 27.7 Å². The maximum absolute atomic E-state index is 12.3. The fourth-order valence-corrected chi connectivity index (χ4v) is 5.71. The number of nitrogens with one attached hydrogen (secondary N) is 1. The molecule has 0 unspecified atom stereocenters. The summed E-state index contributed by atoms with van der Waals surface area (Å²) in [7, 11) is -3.25. The molecular weight excluding hydrogens is 332 g/mol. The molecule has 1 aliphatic carbocycles. The van der Waals surface area contributed by atoms with Crippen LogP contribution < -0.4 is 5.32 Å². The van der Waals surface area contributed by atoms with E-state index in [1.807, 2.05) is 13.8 Å². The highest BCUT2D eigenvalue weighted by Gasteiger charge is 2.60. The lowest BCUT2D eigenvalue weighted by Crippen LogP contribution is -2.42. The van der Waals surface area contributed by atoms with E-state index < -0.39 is 10.0 Å². The summed E-state index contributed by atoms with van der Waals surface area (Å²) in [4.78, 5) is 12.3. The number of allylic oxidation sites excluding steroid dienone is 2. The van der Waals surface area contributed by atoms with E-state index in [-0.39, 0.29) is 35.5 Å². The van der Waals surface area contributed by atoms with Gasteiger partial charge in [0.15, 0.2) is 0 Å². The Labute approximate surface area is 144 Å². The zero-order chi connectivity index (χ0) is 17.3. The van der Waals surface area contributed by atoms with Gasteiger partial charge in [-0.2, -0.15) is 11.8 Å². The predicted molar refractivity (Wildman–Crippen MR) is 95.9 cm³/mol. The highest BCUT2D eigenvalue weighted by atomic mass is 32.2. The minimum absolute atomic E-state index is 0.0101. The third kappa shape index (κ3) is 4.51. The maximum Gasteiger partial charge on any atom is 0.224 e. The molecule has 1 heterocycles. The number of nitrogens with zero attached hydrogens (tertiary/aromatic N) is 1. The summed E-state index contributed by atoms with van der Waals surface area (Å²) in [6.07, 6.45) is 2.15. The second-order valence-corrected chi connectivity index (χ2v) is 10.5. The summed E-state index contributed by atoms with van der Waals surface area (Å²) in [5.74, 6) is 1.87. The van der Waals surface area contributed by atoms with Crippen molar-refractivity contribution in [3.05, 3.63) is 11.6 Å². The van der Waals surface area contributed by atoms with Crippen LogP contribution in [0.2, 0.25) is 0 Å². The Balaban J connectivity index is 1.82. The van der Waals surface area contributed by atoms with Gasteiger partial charge in [0.1, 0.15) is 0 Å². The average Bonchev–Trinajstić information content (AvgIpc) is 2.99. The van der Waals surface area contributed by atoms with E-state index in [9.17, 15) is 13.2 Å². The molecule has 0 aromatic rings. The van der Waals surface area contributed by atoms with Crippen LogP contribution >= 0.6 is 11.8 Å². The van der Waals surface area contributed by atoms with E-state index in [2.05, 4.69) is 25.2 Å². The van der Waals surface area contributed by atoms with Crippen LogP contribution in [0, 0.1) is 17.3 Å². The fourth-order valence-electron chi connectivity index (χ4n) is 3.22. The SMILES string of the molecule is CC(C)=C[C@H]1[C@@H](C(=O)NCCS(=O)(=O)N2CCSCC2)C1(C)C. The summed E-state index contributed by atoms with van der Waals surface area (Å²) in [6, 6.07) is 0. The van der Waals surface area contributed by atoms with Gasteiger partial charge in [0, 0.05) is 31.1 Å². The van der Waals surface area contributed by atoms with Gasteiger partial charge >= 0.3 is 0 Å². The molecule has 2 rings (SSSR count). The van der Waals surface area contributed by atoms with Crippen molar-refractivity contribution in [3.8, 4) is 0 Å². The molecule has 2 atom stereocenters. The Bertz CT molecular complexity index is 574. The third-order valence-electron chi connectivity index (χ3n) is 4.73. The van der Waals surface area contributed by atoms with Crippen molar-refractivity contribution in [2.75, 3.05) is 36.9 Å². The largest absolute Gasteiger partial charge is 0.355 e. The zero-order valence-electron chi connectivity index (χ0n) is 14.5. The maximum atomic E-state index is 12.3. The molecular formula is C16H28N2O3S2. The molecule has 0 bridgehead atoms. The van der Waals surface area contributed by atoms with Gasteiger partial charge in [-0.25, -0.2) is 12.7 Å². The third-order valence-corrected chi connectivity index (χ3v) is 7.54. The molecule has 7 heteroatoms. The van der Waals surface area contributed by atoms with Gasteiger partial charge in [0.2, 0.25) is 15.9 Å². The number of carbonyl (C=O) groups excluding carboxylic acids is 1. The number of carbonyl (C=O) groups is 1. The van der Waals surface area contributed by atoms with Gasteiger partial charge in [0.05, 0.1) is 11.7 Å². The van der Waals surface area contributed by atoms with E-state index in [0.29, 0.717) is 13.1 Å². The van der Waals surface area contributed by atoms with Gasteiger partial charge in [-0.05, 0) is 25.2 Å². The second kappa shape index (κ2) is 7.15. The Kier molecular flexibility index (Phi) is 5.85. The first-order valence-electron chi connectivity index (χ1n) is 8.14. The van der Waals surface area contributed by atoms with Gasteiger partial charge in [-0.3, -0.25) is 4.79 Å². The van der Waals surface area contributed by atoms with E-state index in [4.69, 9.17) is 0 Å². The second-order valence-electron chi connectivity index (χ2n) is 7.19. The minimum Gasteiger partial charge on any atom is -0.355 e. The van der Waals surface area contributed by atoms with E-state index in [1.165, 1.54) is 5.57 Å². The zero-order valence-corrected chi connectivity index (χ0v) is 16.1. The molecule has 0 spiro atoms. The molecule has 1 saturated carbocycles. The van der Waals surface area contributed by atoms with Crippen LogP contribution in [0.4, 0.5) is 0 Å². The number of hydrogen-bond acceptors (Lipinski definition) is 4. The molecule has 1 saturated heterocycles. The fraction of sp³-hybridized carbons (Fsp3) is 0.812. The first-order valence-corrected chi connectivity index (χ1v) is 10.9. The lowest BCUT2D eigenvalue weighted by Gasteiger charge is -2.25. The van der Waals surface area contributed by atoms with E-state index in [0.717, 1.165) is 11.5 Å². The van der Waals surface area contributed by atoms with Gasteiger partial charge < -0.3 is 5.32 Å². The van der Waals surface area contributed by atoms with Crippen LogP contribution in [0.3, 0.4) is 0 Å². The lowest BCUT2D eigenvalue weighted by molar-refractivity contribution is -0.123. The van der Waals surface area contributed by atoms with Crippen molar-refractivity contribution in [1.82, 2.24) is 9.62 Å². The molecule has 2 fully saturated rings. The summed E-state index contributed by atoms with van der Waals surface area (Å²) < 4.78 is 26.0. The topological polar surface area (TPSA) is 66.5 Å². The molecule has 2 aliphatic rings. The number of thioether (sulfide) groups is 1. The normalized spacial score (nSPS) is 27.3. The Morgan fingerprint density at radius 2 is 1.91 bits per heavy atom. The van der Waals surface area contributed by atoms with E-state index in [1.54, 1.807) is 16.1 Å².